The maximum atomic E-state index is 10.8. The van der Waals surface area contributed by atoms with Gasteiger partial charge < -0.3 is 9.84 Å². The molecule has 1 N–H and O–H groups in total. The third-order valence-electron chi connectivity index (χ3n) is 2.01. The van der Waals surface area contributed by atoms with E-state index in [4.69, 9.17) is 5.26 Å². The highest BCUT2D eigenvalue weighted by atomic mass is 16.6. The van der Waals surface area contributed by atoms with E-state index < -0.39 is 4.92 Å². The zero-order valence-corrected chi connectivity index (χ0v) is 8.90. The maximum absolute atomic E-state index is 10.8. The fraction of sp³-hybridized carbons (Fsp3) is 0.111. The van der Waals surface area contributed by atoms with Gasteiger partial charge in [0.25, 0.3) is 0 Å². The third kappa shape index (κ3) is 2.38. The molecular weight excluding hydrogens is 240 g/mol. The Bertz CT molecular complexity index is 603. The topological polar surface area (TPSA) is 131 Å². The van der Waals surface area contributed by atoms with Crippen LogP contribution in [0.3, 0.4) is 0 Å². The van der Waals surface area contributed by atoms with E-state index in [9.17, 15) is 10.1 Å². The van der Waals surface area contributed by atoms with Crippen LogP contribution in [0.1, 0.15) is 11.4 Å². The van der Waals surface area contributed by atoms with Gasteiger partial charge in [-0.2, -0.15) is 10.2 Å². The van der Waals surface area contributed by atoms with E-state index in [0.29, 0.717) is 5.82 Å². The molecule has 0 aromatic carbocycles. The summed E-state index contributed by atoms with van der Waals surface area (Å²) < 4.78 is 4.52. The van der Waals surface area contributed by atoms with E-state index >= 15 is 0 Å². The van der Waals surface area contributed by atoms with Crippen LogP contribution in [-0.2, 0) is 6.54 Å². The summed E-state index contributed by atoms with van der Waals surface area (Å²) in [5, 5.41) is 25.7. The van der Waals surface area contributed by atoms with Gasteiger partial charge in [0.1, 0.15) is 6.07 Å². The fourth-order valence-corrected chi connectivity index (χ4v) is 1.22. The zero-order valence-electron chi connectivity index (χ0n) is 8.90. The summed E-state index contributed by atoms with van der Waals surface area (Å²) in [6, 6.07) is 2.93. The second-order valence-corrected chi connectivity index (χ2v) is 3.16. The van der Waals surface area contributed by atoms with Crippen molar-refractivity contribution in [3.05, 3.63) is 40.2 Å². The standard InChI is InChI=1S/C9H6N6O3/c10-2-6-1-7(15(16)17)9(11-3-6)12-4-8-13-5-18-14-8/h1,3,5H,4H2,(H,11,12). The van der Waals surface area contributed by atoms with Gasteiger partial charge in [0.15, 0.2) is 5.82 Å². The molecule has 0 saturated heterocycles. The number of nitrogens with zero attached hydrogens (tertiary/aromatic N) is 5. The molecule has 0 atom stereocenters. The highest BCUT2D eigenvalue weighted by molar-refractivity contribution is 5.58. The van der Waals surface area contributed by atoms with Crippen LogP contribution in [0.2, 0.25) is 0 Å². The number of nitro groups is 1. The molecule has 2 rings (SSSR count). The van der Waals surface area contributed by atoms with Crippen LogP contribution in [0.4, 0.5) is 11.5 Å². The molecule has 18 heavy (non-hydrogen) atoms. The smallest absolute Gasteiger partial charge is 0.312 e. The van der Waals surface area contributed by atoms with Crippen molar-refractivity contribution in [2.45, 2.75) is 6.54 Å². The summed E-state index contributed by atoms with van der Waals surface area (Å²) in [6.45, 7) is 0.135. The average molecular weight is 246 g/mol. The summed E-state index contributed by atoms with van der Waals surface area (Å²) in [6.07, 6.45) is 2.39. The molecule has 90 valence electrons. The van der Waals surface area contributed by atoms with Gasteiger partial charge in [-0.05, 0) is 0 Å². The molecule has 2 aromatic heterocycles. The molecule has 0 amide bonds. The lowest BCUT2D eigenvalue weighted by atomic mass is 10.3. The van der Waals surface area contributed by atoms with Crippen LogP contribution in [0.15, 0.2) is 23.2 Å². The molecule has 0 spiro atoms. The summed E-state index contributed by atoms with van der Waals surface area (Å²) in [5.41, 5.74) is -0.163. The maximum Gasteiger partial charge on any atom is 0.312 e. The number of pyridine rings is 1. The SMILES string of the molecule is N#Cc1cnc(NCc2ncon2)c([N+](=O)[O-])c1. The van der Waals surface area contributed by atoms with Crippen LogP contribution >= 0.6 is 0 Å². The molecule has 9 nitrogen and oxygen atoms in total. The molecule has 0 unspecified atom stereocenters. The first-order valence-corrected chi connectivity index (χ1v) is 4.74. The Kier molecular flexibility index (Phi) is 3.11. The van der Waals surface area contributed by atoms with Crippen LogP contribution in [0, 0.1) is 21.4 Å². The minimum absolute atomic E-state index is 0.0452. The third-order valence-corrected chi connectivity index (χ3v) is 2.01. The lowest BCUT2D eigenvalue weighted by Crippen LogP contribution is -2.06. The lowest BCUT2D eigenvalue weighted by molar-refractivity contribution is -0.384. The van der Waals surface area contributed by atoms with Crippen molar-refractivity contribution in [3.8, 4) is 6.07 Å². The van der Waals surface area contributed by atoms with E-state index in [1.165, 1.54) is 6.20 Å². The van der Waals surface area contributed by atoms with Gasteiger partial charge >= 0.3 is 5.69 Å². The molecule has 2 aromatic rings. The van der Waals surface area contributed by atoms with Crippen LogP contribution in [0.5, 0.6) is 0 Å². The van der Waals surface area contributed by atoms with Crippen LogP contribution in [-0.4, -0.2) is 20.0 Å². The van der Waals surface area contributed by atoms with Crippen LogP contribution < -0.4 is 5.32 Å². The van der Waals surface area contributed by atoms with Crippen molar-refractivity contribution in [3.63, 3.8) is 0 Å². The van der Waals surface area contributed by atoms with Gasteiger partial charge in [0.05, 0.1) is 17.0 Å². The monoisotopic (exact) mass is 246 g/mol. The largest absolute Gasteiger partial charge is 0.357 e. The van der Waals surface area contributed by atoms with E-state index in [1.807, 2.05) is 0 Å². The number of anilines is 1. The molecule has 0 saturated carbocycles. The Morgan fingerprint density at radius 2 is 2.39 bits per heavy atom. The first-order chi connectivity index (χ1) is 8.70. The highest BCUT2D eigenvalue weighted by Gasteiger charge is 2.16. The van der Waals surface area contributed by atoms with E-state index in [1.54, 1.807) is 6.07 Å². The Labute approximate surface area is 100 Å². The summed E-state index contributed by atoms with van der Waals surface area (Å²) in [5.74, 6) is 0.388. The van der Waals surface area contributed by atoms with E-state index in [0.717, 1.165) is 12.5 Å². The first-order valence-electron chi connectivity index (χ1n) is 4.74. The Hall–Kier alpha value is -3.02. The molecule has 0 aliphatic carbocycles. The van der Waals surface area contributed by atoms with Crippen molar-refractivity contribution < 1.29 is 9.45 Å². The van der Waals surface area contributed by atoms with Crippen LogP contribution in [0.25, 0.3) is 0 Å². The molecular formula is C9H6N6O3. The second-order valence-electron chi connectivity index (χ2n) is 3.16. The Morgan fingerprint density at radius 3 is 3.00 bits per heavy atom. The minimum Gasteiger partial charge on any atom is -0.357 e. The number of aromatic nitrogens is 3. The van der Waals surface area contributed by atoms with Gasteiger partial charge in [0, 0.05) is 12.3 Å². The molecule has 0 bridgehead atoms. The number of hydrogen-bond acceptors (Lipinski definition) is 8. The van der Waals surface area contributed by atoms with Gasteiger partial charge in [-0.15, -0.1) is 0 Å². The average Bonchev–Trinajstić information content (AvgIpc) is 2.89. The molecule has 0 aliphatic rings. The highest BCUT2D eigenvalue weighted by Crippen LogP contribution is 2.22. The summed E-state index contributed by atoms with van der Waals surface area (Å²) >= 11 is 0. The fourth-order valence-electron chi connectivity index (χ4n) is 1.22. The van der Waals surface area contributed by atoms with Gasteiger partial charge in [-0.1, -0.05) is 5.16 Å². The van der Waals surface area contributed by atoms with Crippen molar-refractivity contribution in [1.82, 2.24) is 15.1 Å². The predicted molar refractivity (Wildman–Crippen MR) is 57.2 cm³/mol. The Balaban J connectivity index is 2.22. The normalized spacial score (nSPS) is 9.72. The lowest BCUT2D eigenvalue weighted by Gasteiger charge is -2.03. The van der Waals surface area contributed by atoms with Crippen molar-refractivity contribution in [2.24, 2.45) is 0 Å². The van der Waals surface area contributed by atoms with Crippen molar-refractivity contribution in [1.29, 1.82) is 5.26 Å². The number of nitriles is 1. The van der Waals surface area contributed by atoms with E-state index in [-0.39, 0.29) is 23.6 Å². The number of rotatable bonds is 4. The number of nitrogens with one attached hydrogen (secondary N) is 1. The van der Waals surface area contributed by atoms with Gasteiger partial charge in [0.2, 0.25) is 12.2 Å². The van der Waals surface area contributed by atoms with Gasteiger partial charge in [-0.25, -0.2) is 4.98 Å². The van der Waals surface area contributed by atoms with Gasteiger partial charge in [-0.3, -0.25) is 10.1 Å². The molecule has 9 heteroatoms. The number of hydrogen-bond donors (Lipinski definition) is 1. The zero-order chi connectivity index (χ0) is 13.0. The quantitative estimate of drug-likeness (QED) is 0.620. The predicted octanol–water partition coefficient (Wildman–Crippen LogP) is 0.857. The summed E-state index contributed by atoms with van der Waals surface area (Å²) in [7, 11) is 0. The van der Waals surface area contributed by atoms with Crippen molar-refractivity contribution in [2.75, 3.05) is 5.32 Å². The minimum atomic E-state index is -0.619. The molecule has 0 radical (unpaired) electrons. The Morgan fingerprint density at radius 1 is 1.56 bits per heavy atom. The molecule has 0 aliphatic heterocycles. The first kappa shape index (κ1) is 11.5. The molecule has 0 fully saturated rings. The second kappa shape index (κ2) is 4.88. The summed E-state index contributed by atoms with van der Waals surface area (Å²) in [4.78, 5) is 17.8. The molecule has 2 heterocycles. The van der Waals surface area contributed by atoms with E-state index in [2.05, 4.69) is 25.0 Å². The van der Waals surface area contributed by atoms with Crippen molar-refractivity contribution >= 4 is 11.5 Å².